The summed E-state index contributed by atoms with van der Waals surface area (Å²) in [5, 5.41) is 3.36. The van der Waals surface area contributed by atoms with Gasteiger partial charge in [0.25, 0.3) is 0 Å². The third kappa shape index (κ3) is 6.37. The molecule has 0 aliphatic heterocycles. The van der Waals surface area contributed by atoms with Gasteiger partial charge in [0.05, 0.1) is 0 Å². The quantitative estimate of drug-likeness (QED) is 0.894. The molecule has 22 heavy (non-hydrogen) atoms. The highest BCUT2D eigenvalue weighted by Crippen LogP contribution is 2.18. The van der Waals surface area contributed by atoms with Crippen LogP contribution < -0.4 is 5.32 Å². The van der Waals surface area contributed by atoms with Crippen LogP contribution in [-0.2, 0) is 4.74 Å². The molecule has 0 aliphatic rings. The Balaban J connectivity index is 2.65. The van der Waals surface area contributed by atoms with Crippen molar-refractivity contribution in [3.05, 3.63) is 29.8 Å². The van der Waals surface area contributed by atoms with Crippen molar-refractivity contribution < 1.29 is 9.53 Å². The summed E-state index contributed by atoms with van der Waals surface area (Å²) in [6.45, 7) is 15.0. The second kappa shape index (κ2) is 7.03. The van der Waals surface area contributed by atoms with Gasteiger partial charge in [-0.15, -0.1) is 0 Å². The van der Waals surface area contributed by atoms with Crippen LogP contribution in [0.5, 0.6) is 0 Å². The maximum Gasteiger partial charge on any atom is 0.410 e. The first kappa shape index (κ1) is 18.3. The molecule has 4 nitrogen and oxygen atoms in total. The number of hydrogen-bond acceptors (Lipinski definition) is 3. The minimum absolute atomic E-state index is 0.272. The Morgan fingerprint density at radius 2 is 1.82 bits per heavy atom. The average Bonchev–Trinajstić information content (AvgIpc) is 2.30. The maximum atomic E-state index is 12.4. The van der Waals surface area contributed by atoms with E-state index in [1.165, 1.54) is 5.56 Å². The fourth-order valence-corrected chi connectivity index (χ4v) is 2.08. The third-order valence-electron chi connectivity index (χ3n) is 3.11. The number of ether oxygens (including phenoxy) is 1. The molecule has 0 saturated heterocycles. The van der Waals surface area contributed by atoms with Crippen LogP contribution in [0, 0.1) is 6.92 Å². The van der Waals surface area contributed by atoms with Gasteiger partial charge in [0.1, 0.15) is 5.60 Å². The number of nitrogens with one attached hydrogen (secondary N) is 1. The van der Waals surface area contributed by atoms with E-state index in [4.69, 9.17) is 4.74 Å². The number of benzene rings is 1. The van der Waals surface area contributed by atoms with E-state index in [0.29, 0.717) is 13.1 Å². The molecule has 4 heteroatoms. The number of nitrogens with zero attached hydrogens (tertiary/aromatic N) is 1. The third-order valence-corrected chi connectivity index (χ3v) is 3.11. The van der Waals surface area contributed by atoms with Gasteiger partial charge in [-0.1, -0.05) is 12.1 Å². The molecule has 1 rings (SSSR count). The fourth-order valence-electron chi connectivity index (χ4n) is 2.08. The van der Waals surface area contributed by atoms with E-state index in [9.17, 15) is 4.79 Å². The normalized spacial score (nSPS) is 12.0. The van der Waals surface area contributed by atoms with Gasteiger partial charge in [0, 0.05) is 24.3 Å². The van der Waals surface area contributed by atoms with Crippen molar-refractivity contribution in [2.45, 2.75) is 59.6 Å². The van der Waals surface area contributed by atoms with Crippen LogP contribution in [0.3, 0.4) is 0 Å². The summed E-state index contributed by atoms with van der Waals surface area (Å²) >= 11 is 0. The highest BCUT2D eigenvalue weighted by Gasteiger charge is 2.30. The zero-order valence-electron chi connectivity index (χ0n) is 15.0. The Morgan fingerprint density at radius 3 is 2.32 bits per heavy atom. The van der Waals surface area contributed by atoms with E-state index >= 15 is 0 Å². The highest BCUT2D eigenvalue weighted by molar-refractivity contribution is 5.69. The molecule has 0 atom stereocenters. The first-order valence-electron chi connectivity index (χ1n) is 7.80. The lowest BCUT2D eigenvalue weighted by Gasteiger charge is -2.37. The minimum Gasteiger partial charge on any atom is -0.444 e. The van der Waals surface area contributed by atoms with Gasteiger partial charge >= 0.3 is 6.09 Å². The molecule has 0 spiro atoms. The van der Waals surface area contributed by atoms with E-state index in [2.05, 4.69) is 24.4 Å². The molecule has 0 saturated carbocycles. The second-order valence-electron chi connectivity index (χ2n) is 7.60. The molecule has 0 radical (unpaired) electrons. The summed E-state index contributed by atoms with van der Waals surface area (Å²) in [6, 6.07) is 8.21. The summed E-state index contributed by atoms with van der Waals surface area (Å²) in [5.74, 6) is 0. The summed E-state index contributed by atoms with van der Waals surface area (Å²) in [4.78, 5) is 14.1. The van der Waals surface area contributed by atoms with Crippen molar-refractivity contribution in [2.24, 2.45) is 0 Å². The Morgan fingerprint density at radius 1 is 1.18 bits per heavy atom. The summed E-state index contributed by atoms with van der Waals surface area (Å²) in [6.07, 6.45) is -0.272. The molecule has 0 aliphatic carbocycles. The smallest absolute Gasteiger partial charge is 0.410 e. The Bertz CT molecular complexity index is 499. The number of aryl methyl sites for hydroxylation is 1. The monoisotopic (exact) mass is 306 g/mol. The SMILES string of the molecule is Cc1cccc(NCCN(C(=O)OC(C)(C)C)C(C)(C)C)c1. The first-order valence-corrected chi connectivity index (χ1v) is 7.80. The lowest BCUT2D eigenvalue weighted by molar-refractivity contribution is 0.00749. The van der Waals surface area contributed by atoms with Gasteiger partial charge in [-0.25, -0.2) is 4.79 Å². The lowest BCUT2D eigenvalue weighted by atomic mass is 10.1. The molecule has 0 aromatic heterocycles. The highest BCUT2D eigenvalue weighted by atomic mass is 16.6. The summed E-state index contributed by atoms with van der Waals surface area (Å²) in [5.41, 5.74) is 1.52. The maximum absolute atomic E-state index is 12.4. The molecule has 0 fully saturated rings. The van der Waals surface area contributed by atoms with Crippen LogP contribution in [0.4, 0.5) is 10.5 Å². The molecule has 0 heterocycles. The average molecular weight is 306 g/mol. The minimum atomic E-state index is -0.482. The lowest BCUT2D eigenvalue weighted by Crippen LogP contribution is -2.49. The topological polar surface area (TPSA) is 41.6 Å². The molecular weight excluding hydrogens is 276 g/mol. The predicted octanol–water partition coefficient (Wildman–Crippen LogP) is 4.44. The number of amides is 1. The van der Waals surface area contributed by atoms with Gasteiger partial charge in [-0.3, -0.25) is 0 Å². The van der Waals surface area contributed by atoms with Crippen LogP contribution in [0.2, 0.25) is 0 Å². The standard InChI is InChI=1S/C18H30N2O2/c1-14-9-8-10-15(13-14)19-11-12-20(17(2,3)4)16(21)22-18(5,6)7/h8-10,13,19H,11-12H2,1-7H3. The van der Waals surface area contributed by atoms with Crippen LogP contribution in [0.1, 0.15) is 47.1 Å². The van der Waals surface area contributed by atoms with Crippen LogP contribution >= 0.6 is 0 Å². The Kier molecular flexibility index (Phi) is 5.86. The molecule has 1 aromatic rings. The van der Waals surface area contributed by atoms with Gasteiger partial charge in [0.2, 0.25) is 0 Å². The van der Waals surface area contributed by atoms with E-state index in [1.54, 1.807) is 4.90 Å². The number of carbonyl (C=O) groups excluding carboxylic acids is 1. The molecular formula is C18H30N2O2. The molecule has 0 unspecified atom stereocenters. The van der Waals surface area contributed by atoms with Crippen molar-refractivity contribution in [3.63, 3.8) is 0 Å². The molecule has 1 aromatic carbocycles. The van der Waals surface area contributed by atoms with E-state index in [0.717, 1.165) is 5.69 Å². The van der Waals surface area contributed by atoms with Crippen molar-refractivity contribution in [1.29, 1.82) is 0 Å². The van der Waals surface area contributed by atoms with Crippen LogP contribution in [0.15, 0.2) is 24.3 Å². The van der Waals surface area contributed by atoms with Gasteiger partial charge in [0.15, 0.2) is 0 Å². The zero-order chi connectivity index (χ0) is 17.0. The molecule has 124 valence electrons. The van der Waals surface area contributed by atoms with Crippen molar-refractivity contribution >= 4 is 11.8 Å². The van der Waals surface area contributed by atoms with E-state index in [-0.39, 0.29) is 11.6 Å². The molecule has 1 N–H and O–H groups in total. The largest absolute Gasteiger partial charge is 0.444 e. The van der Waals surface area contributed by atoms with Crippen LogP contribution in [-0.4, -0.2) is 35.2 Å². The number of anilines is 1. The predicted molar refractivity (Wildman–Crippen MR) is 92.4 cm³/mol. The molecule has 1 amide bonds. The van der Waals surface area contributed by atoms with Crippen molar-refractivity contribution in [3.8, 4) is 0 Å². The second-order valence-corrected chi connectivity index (χ2v) is 7.60. The summed E-state index contributed by atoms with van der Waals surface area (Å²) < 4.78 is 5.51. The van der Waals surface area contributed by atoms with Gasteiger partial charge in [-0.05, 0) is 66.2 Å². The summed E-state index contributed by atoms with van der Waals surface area (Å²) in [7, 11) is 0. The Labute approximate surface area is 134 Å². The number of rotatable bonds is 4. The first-order chi connectivity index (χ1) is 9.99. The van der Waals surface area contributed by atoms with E-state index in [1.807, 2.05) is 53.7 Å². The fraction of sp³-hybridized carbons (Fsp3) is 0.611. The zero-order valence-corrected chi connectivity index (χ0v) is 15.0. The van der Waals surface area contributed by atoms with Gasteiger partial charge in [-0.2, -0.15) is 0 Å². The van der Waals surface area contributed by atoms with Crippen molar-refractivity contribution in [2.75, 3.05) is 18.4 Å². The van der Waals surface area contributed by atoms with Crippen molar-refractivity contribution in [1.82, 2.24) is 4.90 Å². The number of hydrogen-bond donors (Lipinski definition) is 1. The molecule has 0 bridgehead atoms. The van der Waals surface area contributed by atoms with Crippen LogP contribution in [0.25, 0.3) is 0 Å². The Hall–Kier alpha value is -1.71. The van der Waals surface area contributed by atoms with Gasteiger partial charge < -0.3 is 15.0 Å². The number of carbonyl (C=O) groups is 1. The van der Waals surface area contributed by atoms with E-state index < -0.39 is 5.60 Å².